The van der Waals surface area contributed by atoms with E-state index in [2.05, 4.69) is 12.1 Å². The minimum atomic E-state index is -0.280. The molecule has 1 atom stereocenters. The highest BCUT2D eigenvalue weighted by molar-refractivity contribution is 5.76. The van der Waals surface area contributed by atoms with E-state index in [-0.39, 0.29) is 12.0 Å². The van der Waals surface area contributed by atoms with Crippen molar-refractivity contribution in [3.63, 3.8) is 0 Å². The van der Waals surface area contributed by atoms with Crippen LogP contribution in [0.2, 0.25) is 0 Å². The topological polar surface area (TPSA) is 29.5 Å². The number of hydrogen-bond acceptors (Lipinski definition) is 3. The molecule has 0 aromatic heterocycles. The van der Waals surface area contributed by atoms with E-state index in [0.717, 1.165) is 5.56 Å². The van der Waals surface area contributed by atoms with Crippen molar-refractivity contribution in [1.29, 1.82) is 0 Å². The van der Waals surface area contributed by atoms with Crippen molar-refractivity contribution < 1.29 is 9.53 Å². The van der Waals surface area contributed by atoms with E-state index in [0.29, 0.717) is 13.0 Å². The third-order valence-electron chi connectivity index (χ3n) is 3.55. The van der Waals surface area contributed by atoms with Gasteiger partial charge in [0.25, 0.3) is 0 Å². The van der Waals surface area contributed by atoms with Crippen LogP contribution in [0.4, 0.5) is 0 Å². The van der Waals surface area contributed by atoms with Gasteiger partial charge in [0, 0.05) is 6.54 Å². The predicted octanol–water partition coefficient (Wildman–Crippen LogP) is 2.90. The molecule has 0 saturated heterocycles. The van der Waals surface area contributed by atoms with Gasteiger partial charge in [-0.1, -0.05) is 60.7 Å². The summed E-state index contributed by atoms with van der Waals surface area (Å²) in [4.78, 5) is 14.1. The molecule has 0 aliphatic rings. The first kappa shape index (κ1) is 15.3. The van der Waals surface area contributed by atoms with Crippen molar-refractivity contribution in [2.45, 2.75) is 19.0 Å². The molecule has 2 rings (SSSR count). The average Bonchev–Trinajstić information content (AvgIpc) is 2.53. The monoisotopic (exact) mass is 283 g/mol. The van der Waals surface area contributed by atoms with E-state index in [4.69, 9.17) is 4.74 Å². The van der Waals surface area contributed by atoms with Crippen molar-refractivity contribution in [3.05, 3.63) is 71.8 Å². The van der Waals surface area contributed by atoms with E-state index in [1.54, 1.807) is 0 Å². The Labute approximate surface area is 126 Å². The molecular weight excluding hydrogens is 262 g/mol. The van der Waals surface area contributed by atoms with Crippen molar-refractivity contribution in [1.82, 2.24) is 4.90 Å². The number of carbonyl (C=O) groups excluding carboxylic acids is 1. The number of ether oxygens (including phenoxy) is 1. The van der Waals surface area contributed by atoms with Crippen LogP contribution in [0.3, 0.4) is 0 Å². The molecule has 0 fully saturated rings. The van der Waals surface area contributed by atoms with Crippen LogP contribution < -0.4 is 0 Å². The molecule has 1 unspecified atom stereocenters. The SMILES string of the molecule is COC(=O)C(Cc1ccccc1)N(C)Cc1ccccc1. The zero-order valence-corrected chi connectivity index (χ0v) is 12.5. The molecule has 0 N–H and O–H groups in total. The second-order valence-electron chi connectivity index (χ2n) is 5.13. The van der Waals surface area contributed by atoms with Gasteiger partial charge in [0.2, 0.25) is 0 Å². The van der Waals surface area contributed by atoms with Gasteiger partial charge in [0.05, 0.1) is 7.11 Å². The minimum Gasteiger partial charge on any atom is -0.468 e. The molecule has 0 spiro atoms. The van der Waals surface area contributed by atoms with E-state index in [1.165, 1.54) is 12.7 Å². The fourth-order valence-corrected chi connectivity index (χ4v) is 2.37. The molecule has 0 amide bonds. The summed E-state index contributed by atoms with van der Waals surface area (Å²) in [5, 5.41) is 0. The van der Waals surface area contributed by atoms with Gasteiger partial charge < -0.3 is 4.74 Å². The summed E-state index contributed by atoms with van der Waals surface area (Å²) in [6.45, 7) is 0.716. The Morgan fingerprint density at radius 1 is 1.00 bits per heavy atom. The summed E-state index contributed by atoms with van der Waals surface area (Å²) in [6, 6.07) is 19.9. The van der Waals surface area contributed by atoms with Crippen molar-refractivity contribution >= 4 is 5.97 Å². The summed E-state index contributed by atoms with van der Waals surface area (Å²) in [5.41, 5.74) is 2.31. The minimum absolute atomic E-state index is 0.197. The molecular formula is C18H21NO2. The van der Waals surface area contributed by atoms with Crippen LogP contribution in [0.25, 0.3) is 0 Å². The largest absolute Gasteiger partial charge is 0.468 e. The first-order chi connectivity index (χ1) is 10.2. The second-order valence-corrected chi connectivity index (χ2v) is 5.13. The summed E-state index contributed by atoms with van der Waals surface area (Å²) >= 11 is 0. The van der Waals surface area contributed by atoms with Gasteiger partial charge in [-0.05, 0) is 24.6 Å². The Morgan fingerprint density at radius 2 is 1.52 bits per heavy atom. The Kier molecular flexibility index (Phi) is 5.52. The first-order valence-corrected chi connectivity index (χ1v) is 7.06. The van der Waals surface area contributed by atoms with Gasteiger partial charge in [0.15, 0.2) is 0 Å². The average molecular weight is 283 g/mol. The first-order valence-electron chi connectivity index (χ1n) is 7.06. The quantitative estimate of drug-likeness (QED) is 0.763. The number of likely N-dealkylation sites (N-methyl/N-ethyl adjacent to an activating group) is 1. The van der Waals surface area contributed by atoms with Crippen LogP contribution >= 0.6 is 0 Å². The van der Waals surface area contributed by atoms with E-state index in [9.17, 15) is 4.79 Å². The van der Waals surface area contributed by atoms with Crippen LogP contribution in [-0.4, -0.2) is 31.1 Å². The second kappa shape index (κ2) is 7.60. The molecule has 0 aliphatic heterocycles. The molecule has 2 aromatic carbocycles. The number of carbonyl (C=O) groups is 1. The Hall–Kier alpha value is -2.13. The third-order valence-corrected chi connectivity index (χ3v) is 3.55. The number of esters is 1. The number of rotatable bonds is 6. The molecule has 0 radical (unpaired) electrons. The van der Waals surface area contributed by atoms with E-state index in [1.807, 2.05) is 60.5 Å². The maximum atomic E-state index is 12.1. The maximum Gasteiger partial charge on any atom is 0.323 e. The highest BCUT2D eigenvalue weighted by Gasteiger charge is 2.24. The number of hydrogen-bond donors (Lipinski definition) is 0. The lowest BCUT2D eigenvalue weighted by atomic mass is 10.0. The Balaban J connectivity index is 2.10. The zero-order valence-electron chi connectivity index (χ0n) is 12.5. The number of nitrogens with zero attached hydrogens (tertiary/aromatic N) is 1. The van der Waals surface area contributed by atoms with Crippen LogP contribution in [-0.2, 0) is 22.5 Å². The van der Waals surface area contributed by atoms with Crippen LogP contribution in [0.5, 0.6) is 0 Å². The van der Waals surface area contributed by atoms with Gasteiger partial charge in [-0.15, -0.1) is 0 Å². The van der Waals surface area contributed by atoms with Crippen molar-refractivity contribution in [2.24, 2.45) is 0 Å². The lowest BCUT2D eigenvalue weighted by molar-refractivity contribution is -0.146. The van der Waals surface area contributed by atoms with E-state index >= 15 is 0 Å². The molecule has 0 heterocycles. The van der Waals surface area contributed by atoms with Crippen molar-refractivity contribution in [2.75, 3.05) is 14.2 Å². The standard InChI is InChI=1S/C18H21NO2/c1-19(14-16-11-7-4-8-12-16)17(18(20)21-2)13-15-9-5-3-6-10-15/h3-12,17H,13-14H2,1-2H3. The molecule has 2 aromatic rings. The summed E-state index contributed by atoms with van der Waals surface area (Å²) < 4.78 is 4.96. The summed E-state index contributed by atoms with van der Waals surface area (Å²) in [7, 11) is 3.40. The van der Waals surface area contributed by atoms with Gasteiger partial charge >= 0.3 is 5.97 Å². The molecule has 3 heteroatoms. The molecule has 0 aliphatic carbocycles. The Bertz CT molecular complexity index is 554. The van der Waals surface area contributed by atoms with Crippen LogP contribution in [0.1, 0.15) is 11.1 Å². The molecule has 0 bridgehead atoms. The zero-order chi connectivity index (χ0) is 15.1. The highest BCUT2D eigenvalue weighted by Crippen LogP contribution is 2.12. The molecule has 0 saturated carbocycles. The fraction of sp³-hybridized carbons (Fsp3) is 0.278. The number of benzene rings is 2. The van der Waals surface area contributed by atoms with Crippen LogP contribution in [0, 0.1) is 0 Å². The lowest BCUT2D eigenvalue weighted by Gasteiger charge is -2.26. The lowest BCUT2D eigenvalue weighted by Crippen LogP contribution is -2.40. The summed E-state index contributed by atoms with van der Waals surface area (Å²) in [6.07, 6.45) is 0.650. The highest BCUT2D eigenvalue weighted by atomic mass is 16.5. The third kappa shape index (κ3) is 4.43. The Morgan fingerprint density at radius 3 is 2.05 bits per heavy atom. The molecule has 110 valence electrons. The maximum absolute atomic E-state index is 12.1. The normalized spacial score (nSPS) is 12.1. The molecule has 21 heavy (non-hydrogen) atoms. The van der Waals surface area contributed by atoms with Gasteiger partial charge in [-0.2, -0.15) is 0 Å². The smallest absolute Gasteiger partial charge is 0.323 e. The van der Waals surface area contributed by atoms with Gasteiger partial charge in [-0.25, -0.2) is 0 Å². The van der Waals surface area contributed by atoms with Crippen molar-refractivity contribution in [3.8, 4) is 0 Å². The molecule has 3 nitrogen and oxygen atoms in total. The van der Waals surface area contributed by atoms with E-state index < -0.39 is 0 Å². The fourth-order valence-electron chi connectivity index (χ4n) is 2.37. The van der Waals surface area contributed by atoms with Gasteiger partial charge in [0.1, 0.15) is 6.04 Å². The van der Waals surface area contributed by atoms with Gasteiger partial charge in [-0.3, -0.25) is 9.69 Å². The van der Waals surface area contributed by atoms with Crippen LogP contribution in [0.15, 0.2) is 60.7 Å². The number of methoxy groups -OCH3 is 1. The summed E-state index contributed by atoms with van der Waals surface area (Å²) in [5.74, 6) is -0.197. The predicted molar refractivity (Wildman–Crippen MR) is 83.9 cm³/mol.